The van der Waals surface area contributed by atoms with Crippen LogP contribution in [-0.4, -0.2) is 76.9 Å². The number of morpholine rings is 1. The Balaban J connectivity index is 1.32. The summed E-state index contributed by atoms with van der Waals surface area (Å²) < 4.78 is 11.0. The molecule has 3 aromatic rings. The highest BCUT2D eigenvalue weighted by molar-refractivity contribution is 5.96. The number of pyridine rings is 1. The maximum atomic E-state index is 13.2. The highest BCUT2D eigenvalue weighted by Gasteiger charge is 2.49. The molecule has 3 aliphatic rings. The van der Waals surface area contributed by atoms with E-state index in [2.05, 4.69) is 25.9 Å². The van der Waals surface area contributed by atoms with Crippen LogP contribution in [0.1, 0.15) is 35.3 Å². The first-order valence-corrected chi connectivity index (χ1v) is 12.2. The average Bonchev–Trinajstić information content (AvgIpc) is 3.24. The van der Waals surface area contributed by atoms with Crippen LogP contribution in [0.25, 0.3) is 11.3 Å². The average molecular weight is 488 g/mol. The summed E-state index contributed by atoms with van der Waals surface area (Å²) >= 11 is 0. The number of carbonyl (C=O) groups is 1. The molecular weight excluding hydrogens is 458 g/mol. The lowest BCUT2D eigenvalue weighted by Gasteiger charge is -2.38. The summed E-state index contributed by atoms with van der Waals surface area (Å²) in [6.45, 7) is 7.80. The summed E-state index contributed by atoms with van der Waals surface area (Å²) in [7, 11) is 0. The number of rotatable bonds is 4. The Morgan fingerprint density at radius 1 is 1.03 bits per heavy atom. The van der Waals surface area contributed by atoms with Gasteiger partial charge in [0.15, 0.2) is 0 Å². The Bertz CT molecular complexity index is 1290. The van der Waals surface area contributed by atoms with E-state index in [1.165, 1.54) is 5.56 Å². The van der Waals surface area contributed by atoms with Gasteiger partial charge in [-0.15, -0.1) is 0 Å². The molecule has 0 aliphatic carbocycles. The van der Waals surface area contributed by atoms with Crippen molar-refractivity contribution in [3.8, 4) is 11.3 Å². The van der Waals surface area contributed by atoms with Crippen LogP contribution in [0.5, 0.6) is 0 Å². The van der Waals surface area contributed by atoms with Crippen molar-refractivity contribution in [2.45, 2.75) is 24.9 Å². The Morgan fingerprint density at radius 3 is 2.44 bits per heavy atom. The molecule has 9 heteroatoms. The number of carbonyl (C=O) groups excluding carboxylic acids is 1. The molecule has 6 rings (SSSR count). The molecule has 9 nitrogen and oxygen atoms in total. The van der Waals surface area contributed by atoms with Crippen LogP contribution in [0.4, 0.5) is 11.6 Å². The Labute approximate surface area is 209 Å². The van der Waals surface area contributed by atoms with E-state index in [1.54, 1.807) is 38.5 Å². The van der Waals surface area contributed by atoms with Gasteiger partial charge in [0, 0.05) is 55.0 Å². The molecule has 2 saturated heterocycles. The molecule has 3 aliphatic heterocycles. The van der Waals surface area contributed by atoms with Crippen LogP contribution in [0.15, 0.2) is 48.9 Å². The molecule has 0 saturated carbocycles. The zero-order valence-corrected chi connectivity index (χ0v) is 20.5. The number of fused-ring (bicyclic) bond motifs is 2. The van der Waals surface area contributed by atoms with E-state index in [-0.39, 0.29) is 11.3 Å². The molecule has 1 aromatic carbocycles. The van der Waals surface area contributed by atoms with Gasteiger partial charge in [0.05, 0.1) is 43.1 Å². The summed E-state index contributed by atoms with van der Waals surface area (Å²) in [5.41, 5.74) is 3.93. The molecule has 186 valence electrons. The zero-order valence-electron chi connectivity index (χ0n) is 20.5. The third-order valence-corrected chi connectivity index (χ3v) is 7.26. The standard InChI is InChI=1S/C27H29N5O4/c1-26(2,34)20-5-6-28-22(12-20)19-13-29-25(30-14-19)32-15-27(16-36-17-27)21-4-3-18(11-23(21)32)24(33)31-7-9-35-10-8-31/h3-6,11-14,34H,7-10,15-17H2,1-2H3. The fourth-order valence-electron chi connectivity index (χ4n) is 5.09. The number of aliphatic hydroxyl groups is 1. The minimum atomic E-state index is -0.965. The van der Waals surface area contributed by atoms with E-state index in [9.17, 15) is 9.90 Å². The molecule has 36 heavy (non-hydrogen) atoms. The van der Waals surface area contributed by atoms with Crippen LogP contribution in [0.3, 0.4) is 0 Å². The van der Waals surface area contributed by atoms with Crippen molar-refractivity contribution in [2.75, 3.05) is 51.0 Å². The van der Waals surface area contributed by atoms with Crippen LogP contribution in [-0.2, 0) is 20.5 Å². The van der Waals surface area contributed by atoms with Gasteiger partial charge in [0.25, 0.3) is 5.91 Å². The number of aromatic nitrogens is 3. The second-order valence-corrected chi connectivity index (χ2v) is 10.3. The van der Waals surface area contributed by atoms with Crippen molar-refractivity contribution in [1.82, 2.24) is 19.9 Å². The van der Waals surface area contributed by atoms with E-state index >= 15 is 0 Å². The predicted octanol–water partition coefficient (Wildman–Crippen LogP) is 2.66. The quantitative estimate of drug-likeness (QED) is 0.600. The number of benzene rings is 1. The summed E-state index contributed by atoms with van der Waals surface area (Å²) in [4.78, 5) is 30.9. The third-order valence-electron chi connectivity index (χ3n) is 7.26. The molecule has 0 bridgehead atoms. The smallest absolute Gasteiger partial charge is 0.254 e. The van der Waals surface area contributed by atoms with E-state index in [0.29, 0.717) is 63.3 Å². The molecule has 1 amide bonds. The Morgan fingerprint density at radius 2 is 1.78 bits per heavy atom. The molecule has 2 aromatic heterocycles. The van der Waals surface area contributed by atoms with Crippen molar-refractivity contribution < 1.29 is 19.4 Å². The van der Waals surface area contributed by atoms with Crippen molar-refractivity contribution in [3.63, 3.8) is 0 Å². The number of ether oxygens (including phenoxy) is 2. The molecule has 1 N–H and O–H groups in total. The Kier molecular flexibility index (Phi) is 5.51. The lowest BCUT2D eigenvalue weighted by molar-refractivity contribution is -0.0507. The highest BCUT2D eigenvalue weighted by Crippen LogP contribution is 2.48. The lowest BCUT2D eigenvalue weighted by atomic mass is 9.80. The molecule has 5 heterocycles. The molecule has 0 radical (unpaired) electrons. The predicted molar refractivity (Wildman–Crippen MR) is 133 cm³/mol. The first-order chi connectivity index (χ1) is 17.3. The van der Waals surface area contributed by atoms with Gasteiger partial charge in [-0.25, -0.2) is 9.97 Å². The van der Waals surface area contributed by atoms with Gasteiger partial charge in [0.2, 0.25) is 5.95 Å². The maximum absolute atomic E-state index is 13.2. The minimum Gasteiger partial charge on any atom is -0.386 e. The van der Waals surface area contributed by atoms with Crippen LogP contribution < -0.4 is 4.90 Å². The number of amides is 1. The molecule has 1 spiro atoms. The summed E-state index contributed by atoms with van der Waals surface area (Å²) in [5.74, 6) is 0.583. The van der Waals surface area contributed by atoms with Gasteiger partial charge >= 0.3 is 0 Å². The monoisotopic (exact) mass is 487 g/mol. The van der Waals surface area contributed by atoms with E-state index in [4.69, 9.17) is 9.47 Å². The molecular formula is C27H29N5O4. The van der Waals surface area contributed by atoms with Crippen molar-refractivity contribution in [2.24, 2.45) is 0 Å². The topological polar surface area (TPSA) is 101 Å². The molecule has 2 fully saturated rings. The fourth-order valence-corrected chi connectivity index (χ4v) is 5.09. The van der Waals surface area contributed by atoms with Crippen molar-refractivity contribution >= 4 is 17.5 Å². The van der Waals surface area contributed by atoms with E-state index in [1.807, 2.05) is 23.1 Å². The largest absolute Gasteiger partial charge is 0.386 e. The molecule has 0 atom stereocenters. The second-order valence-electron chi connectivity index (χ2n) is 10.3. The SMILES string of the molecule is CC(C)(O)c1ccnc(-c2cnc(N3CC4(COC4)c4ccc(C(=O)N5CCOCC5)cc43)nc2)c1. The van der Waals surface area contributed by atoms with Crippen molar-refractivity contribution in [3.05, 3.63) is 65.6 Å². The maximum Gasteiger partial charge on any atom is 0.254 e. The Hall–Kier alpha value is -3.40. The first kappa shape index (κ1) is 23.0. The first-order valence-electron chi connectivity index (χ1n) is 12.2. The molecule has 0 unspecified atom stereocenters. The van der Waals surface area contributed by atoms with Gasteiger partial charge in [-0.05, 0) is 49.2 Å². The van der Waals surface area contributed by atoms with Crippen molar-refractivity contribution in [1.29, 1.82) is 0 Å². The van der Waals surface area contributed by atoms with Gasteiger partial charge < -0.3 is 24.4 Å². The highest BCUT2D eigenvalue weighted by atomic mass is 16.5. The number of nitrogens with zero attached hydrogens (tertiary/aromatic N) is 5. The van der Waals surface area contributed by atoms with Crippen LogP contribution >= 0.6 is 0 Å². The summed E-state index contributed by atoms with van der Waals surface area (Å²) in [5, 5.41) is 10.4. The van der Waals surface area contributed by atoms with Gasteiger partial charge in [-0.2, -0.15) is 0 Å². The second kappa shape index (κ2) is 8.62. The minimum absolute atomic E-state index is 0.0147. The number of anilines is 2. The van der Waals surface area contributed by atoms with Gasteiger partial charge in [0.1, 0.15) is 0 Å². The third kappa shape index (κ3) is 3.93. The normalized spacial score (nSPS) is 18.8. The fraction of sp³-hybridized carbons (Fsp3) is 0.407. The summed E-state index contributed by atoms with van der Waals surface area (Å²) in [6, 6.07) is 9.60. The van der Waals surface area contributed by atoms with E-state index < -0.39 is 5.60 Å². The lowest BCUT2D eigenvalue weighted by Crippen LogP contribution is -2.49. The summed E-state index contributed by atoms with van der Waals surface area (Å²) in [6.07, 6.45) is 5.19. The van der Waals surface area contributed by atoms with Crippen LogP contribution in [0, 0.1) is 0 Å². The van der Waals surface area contributed by atoms with Gasteiger partial charge in [-0.3, -0.25) is 9.78 Å². The van der Waals surface area contributed by atoms with Gasteiger partial charge in [-0.1, -0.05) is 6.07 Å². The number of hydrogen-bond acceptors (Lipinski definition) is 8. The zero-order chi connectivity index (χ0) is 24.9. The van der Waals surface area contributed by atoms with E-state index in [0.717, 1.165) is 16.8 Å². The number of hydrogen-bond donors (Lipinski definition) is 1. The van der Waals surface area contributed by atoms with Crippen LogP contribution in [0.2, 0.25) is 0 Å².